The van der Waals surface area contributed by atoms with E-state index in [1.807, 2.05) is 110 Å². The molecule has 0 aliphatic rings. The Hall–Kier alpha value is -6.34. The second-order valence-electron chi connectivity index (χ2n) is 12.4. The molecule has 0 bridgehead atoms. The molecule has 50 heavy (non-hydrogen) atoms. The summed E-state index contributed by atoms with van der Waals surface area (Å²) in [5.41, 5.74) is 7.94. The molecule has 8 aromatic rings. The van der Waals surface area contributed by atoms with E-state index in [0.29, 0.717) is 33.7 Å². The maximum atomic E-state index is 13.3. The lowest BCUT2D eigenvalue weighted by molar-refractivity contribution is 0.562. The minimum Gasteiger partial charge on any atom is -0.422 e. The van der Waals surface area contributed by atoms with E-state index >= 15 is 0 Å². The van der Waals surface area contributed by atoms with Gasteiger partial charge in [-0.3, -0.25) is 9.97 Å². The molecule has 8 rings (SSSR count). The van der Waals surface area contributed by atoms with Crippen molar-refractivity contribution in [2.75, 3.05) is 18.0 Å². The van der Waals surface area contributed by atoms with Gasteiger partial charge in [0.25, 0.3) is 0 Å². The van der Waals surface area contributed by atoms with Crippen LogP contribution in [0, 0.1) is 6.92 Å². The molecule has 0 unspecified atom stereocenters. The monoisotopic (exact) mass is 655 g/mol. The lowest BCUT2D eigenvalue weighted by Crippen LogP contribution is -2.21. The highest BCUT2D eigenvalue weighted by Crippen LogP contribution is 2.32. The van der Waals surface area contributed by atoms with Crippen LogP contribution in [0.5, 0.6) is 0 Å². The van der Waals surface area contributed by atoms with Crippen LogP contribution >= 0.6 is 0 Å². The summed E-state index contributed by atoms with van der Waals surface area (Å²) in [5.74, 6) is 0. The molecule has 0 saturated carbocycles. The zero-order chi connectivity index (χ0) is 34.4. The number of anilines is 1. The van der Waals surface area contributed by atoms with Gasteiger partial charge in [0.2, 0.25) is 0 Å². The zero-order valence-electron chi connectivity index (χ0n) is 27.9. The summed E-state index contributed by atoms with van der Waals surface area (Å²) in [5, 5.41) is 3.89. The number of aromatic nitrogens is 2. The molecule has 0 aliphatic carbocycles. The Morgan fingerprint density at radius 1 is 0.580 bits per heavy atom. The Labute approximate surface area is 288 Å². The van der Waals surface area contributed by atoms with Crippen molar-refractivity contribution in [3.8, 4) is 44.8 Å². The van der Waals surface area contributed by atoms with Crippen LogP contribution in [-0.4, -0.2) is 23.1 Å². The molecule has 244 valence electrons. The van der Waals surface area contributed by atoms with Crippen LogP contribution in [-0.2, 0) is 0 Å². The normalized spacial score (nSPS) is 11.4. The average Bonchev–Trinajstić information content (AvgIpc) is 3.14. The summed E-state index contributed by atoms with van der Waals surface area (Å²) in [7, 11) is 0. The lowest BCUT2D eigenvalue weighted by Gasteiger charge is -2.21. The van der Waals surface area contributed by atoms with E-state index in [1.165, 1.54) is 0 Å². The lowest BCUT2D eigenvalue weighted by atomic mass is 9.97. The highest BCUT2D eigenvalue weighted by Gasteiger charge is 2.16. The molecule has 7 heteroatoms. The van der Waals surface area contributed by atoms with E-state index in [2.05, 4.69) is 24.8 Å². The van der Waals surface area contributed by atoms with Gasteiger partial charge in [-0.2, -0.15) is 0 Å². The van der Waals surface area contributed by atoms with Crippen molar-refractivity contribution in [2.45, 2.75) is 20.8 Å². The van der Waals surface area contributed by atoms with Crippen LogP contribution in [0.1, 0.15) is 19.4 Å². The zero-order valence-corrected chi connectivity index (χ0v) is 27.9. The number of nitrogens with zero attached hydrogens (tertiary/aromatic N) is 3. The van der Waals surface area contributed by atoms with Gasteiger partial charge in [0.15, 0.2) is 0 Å². The van der Waals surface area contributed by atoms with Crippen molar-refractivity contribution in [2.24, 2.45) is 0 Å². The summed E-state index contributed by atoms with van der Waals surface area (Å²) < 4.78 is 11.6. The SMILES string of the molecule is CCN(CC)c1ccc2c(C)c(-c3cccc(-c4cnc(-c5ccc(-c6cc7cc8ccccc8cc7oc6=O)cc5)cn4)c3)c(=O)oc2c1. The number of hydrogen-bond donors (Lipinski definition) is 0. The third-order valence-corrected chi connectivity index (χ3v) is 9.47. The van der Waals surface area contributed by atoms with Gasteiger partial charge in [-0.1, -0.05) is 66.7 Å². The van der Waals surface area contributed by atoms with Crippen molar-refractivity contribution >= 4 is 38.4 Å². The molecule has 0 spiro atoms. The van der Waals surface area contributed by atoms with E-state index in [1.54, 1.807) is 12.4 Å². The van der Waals surface area contributed by atoms with Crippen LogP contribution in [0.15, 0.2) is 140 Å². The van der Waals surface area contributed by atoms with Gasteiger partial charge in [-0.05, 0) is 84.6 Å². The predicted octanol–water partition coefficient (Wildman–Crippen LogP) is 9.67. The third kappa shape index (κ3) is 5.52. The summed E-state index contributed by atoms with van der Waals surface area (Å²) in [6, 6.07) is 35.3. The number of aryl methyl sites for hydroxylation is 1. The minimum absolute atomic E-state index is 0.372. The molecule has 0 aliphatic heterocycles. The van der Waals surface area contributed by atoms with Crippen molar-refractivity contribution in [3.05, 3.63) is 148 Å². The fourth-order valence-corrected chi connectivity index (χ4v) is 6.75. The first-order chi connectivity index (χ1) is 24.4. The summed E-state index contributed by atoms with van der Waals surface area (Å²) in [6.07, 6.45) is 3.46. The van der Waals surface area contributed by atoms with Gasteiger partial charge >= 0.3 is 11.3 Å². The van der Waals surface area contributed by atoms with Crippen molar-refractivity contribution in [3.63, 3.8) is 0 Å². The van der Waals surface area contributed by atoms with Gasteiger partial charge in [0.1, 0.15) is 11.2 Å². The van der Waals surface area contributed by atoms with Gasteiger partial charge in [0.05, 0.1) is 34.9 Å². The van der Waals surface area contributed by atoms with Gasteiger partial charge < -0.3 is 13.7 Å². The van der Waals surface area contributed by atoms with E-state index in [4.69, 9.17) is 18.8 Å². The summed E-state index contributed by atoms with van der Waals surface area (Å²) in [4.78, 5) is 37.9. The van der Waals surface area contributed by atoms with E-state index in [9.17, 15) is 9.59 Å². The molecular weight excluding hydrogens is 622 g/mol. The van der Waals surface area contributed by atoms with Gasteiger partial charge in [-0.25, -0.2) is 9.59 Å². The highest BCUT2D eigenvalue weighted by atomic mass is 16.4. The van der Waals surface area contributed by atoms with Crippen LogP contribution < -0.4 is 16.2 Å². The van der Waals surface area contributed by atoms with Crippen LogP contribution in [0.2, 0.25) is 0 Å². The molecule has 5 aromatic carbocycles. The molecule has 0 saturated heterocycles. The van der Waals surface area contributed by atoms with Crippen LogP contribution in [0.25, 0.3) is 77.5 Å². The standard InChI is InChI=1S/C43H33N3O4/c1-4-46(5-2)34-17-18-35-26(3)41(43(48)50-40(35)23-34)32-12-8-11-31(20-32)38-25-44-37(24-45-38)28-15-13-27(14-16-28)36-21-33-19-29-9-6-7-10-30(29)22-39(33)49-42(36)47/h6-25H,4-5H2,1-3H3. The number of hydrogen-bond acceptors (Lipinski definition) is 7. The third-order valence-electron chi connectivity index (χ3n) is 9.47. The number of fused-ring (bicyclic) bond motifs is 3. The fourth-order valence-electron chi connectivity index (χ4n) is 6.75. The predicted molar refractivity (Wildman–Crippen MR) is 202 cm³/mol. The number of benzene rings is 5. The van der Waals surface area contributed by atoms with E-state index in [0.717, 1.165) is 68.1 Å². The fraction of sp³-hybridized carbons (Fsp3) is 0.116. The van der Waals surface area contributed by atoms with Crippen molar-refractivity contribution in [1.29, 1.82) is 0 Å². The molecule has 0 N–H and O–H groups in total. The number of rotatable bonds is 7. The second kappa shape index (κ2) is 12.6. The van der Waals surface area contributed by atoms with Gasteiger partial charge in [-0.15, -0.1) is 0 Å². The van der Waals surface area contributed by atoms with Crippen molar-refractivity contribution < 1.29 is 8.83 Å². The molecule has 0 fully saturated rings. The average molecular weight is 656 g/mol. The Bertz CT molecular complexity index is 2670. The van der Waals surface area contributed by atoms with Gasteiger partial charge in [0, 0.05) is 46.7 Å². The molecule has 3 aromatic heterocycles. The Morgan fingerprint density at radius 2 is 1.24 bits per heavy atom. The highest BCUT2D eigenvalue weighted by molar-refractivity contribution is 5.97. The van der Waals surface area contributed by atoms with E-state index < -0.39 is 0 Å². The van der Waals surface area contributed by atoms with E-state index in [-0.39, 0.29) is 11.3 Å². The maximum absolute atomic E-state index is 13.3. The first kappa shape index (κ1) is 31.0. The first-order valence-electron chi connectivity index (χ1n) is 16.7. The Kier molecular flexibility index (Phi) is 7.80. The molecule has 0 radical (unpaired) electrons. The second-order valence-corrected chi connectivity index (χ2v) is 12.4. The largest absolute Gasteiger partial charge is 0.422 e. The molecule has 3 heterocycles. The minimum atomic E-state index is -0.381. The molecule has 0 amide bonds. The quantitative estimate of drug-likeness (QED) is 0.125. The molecular formula is C43H33N3O4. The first-order valence-corrected chi connectivity index (χ1v) is 16.7. The summed E-state index contributed by atoms with van der Waals surface area (Å²) in [6.45, 7) is 7.92. The topological polar surface area (TPSA) is 89.4 Å². The van der Waals surface area contributed by atoms with Crippen LogP contribution in [0.4, 0.5) is 5.69 Å². The maximum Gasteiger partial charge on any atom is 0.344 e. The van der Waals surface area contributed by atoms with Crippen LogP contribution in [0.3, 0.4) is 0 Å². The molecule has 0 atom stereocenters. The Balaban J connectivity index is 1.06. The Morgan fingerprint density at radius 3 is 1.96 bits per heavy atom. The van der Waals surface area contributed by atoms with Crippen molar-refractivity contribution in [1.82, 2.24) is 9.97 Å². The summed E-state index contributed by atoms with van der Waals surface area (Å²) >= 11 is 0. The smallest absolute Gasteiger partial charge is 0.344 e. The molecule has 7 nitrogen and oxygen atoms in total.